The Morgan fingerprint density at radius 1 is 1.10 bits per heavy atom. The number of benzene rings is 1. The molecule has 226 valence electrons. The molecule has 0 atom stereocenters. The van der Waals surface area contributed by atoms with Crippen LogP contribution in [0, 0.1) is 16.0 Å². The summed E-state index contributed by atoms with van der Waals surface area (Å²) in [5, 5.41) is 13.0. The van der Waals surface area contributed by atoms with Gasteiger partial charge in [-0.1, -0.05) is 13.8 Å². The molecule has 0 aliphatic carbocycles. The van der Waals surface area contributed by atoms with Crippen LogP contribution in [-0.2, 0) is 14.3 Å². The van der Waals surface area contributed by atoms with Gasteiger partial charge in [0, 0.05) is 24.5 Å². The van der Waals surface area contributed by atoms with Gasteiger partial charge >= 0.3 is 17.9 Å². The summed E-state index contributed by atoms with van der Waals surface area (Å²) in [7, 11) is -0.649. The number of piperidine rings is 1. The molecule has 1 aliphatic heterocycles. The normalized spacial score (nSPS) is 14.7. The van der Waals surface area contributed by atoms with Gasteiger partial charge in [0.05, 0.1) is 29.8 Å². The minimum atomic E-state index is -2.02. The van der Waals surface area contributed by atoms with Crippen LogP contribution in [-0.4, -0.2) is 60.7 Å². The van der Waals surface area contributed by atoms with Crippen molar-refractivity contribution in [2.45, 2.75) is 71.7 Å². The molecule has 0 bridgehead atoms. The van der Waals surface area contributed by atoms with E-state index in [1.807, 2.05) is 17.0 Å². The second-order valence-electron chi connectivity index (χ2n) is 12.5. The summed E-state index contributed by atoms with van der Waals surface area (Å²) in [4.78, 5) is 43.6. The summed E-state index contributed by atoms with van der Waals surface area (Å²) in [6.07, 6.45) is 0.483. The van der Waals surface area contributed by atoms with E-state index in [-0.39, 0.29) is 23.3 Å². The average molecular weight is 597 g/mol. The van der Waals surface area contributed by atoms with Crippen LogP contribution in [0.2, 0.25) is 18.6 Å². The van der Waals surface area contributed by atoms with Gasteiger partial charge in [0.15, 0.2) is 0 Å². The molecular formula is C30H40N4O7Si. The van der Waals surface area contributed by atoms with Crippen molar-refractivity contribution in [3.8, 4) is 17.0 Å². The lowest BCUT2D eigenvalue weighted by molar-refractivity contribution is -0.388. The Labute approximate surface area is 247 Å². The fourth-order valence-corrected chi connectivity index (χ4v) is 5.82. The molecule has 12 heteroatoms. The third-order valence-corrected chi connectivity index (χ3v) is 11.3. The highest BCUT2D eigenvalue weighted by atomic mass is 28.4. The molecule has 1 aliphatic rings. The first-order chi connectivity index (χ1) is 19.6. The molecule has 3 heterocycles. The number of nitrogens with zero attached hydrogens (tertiary/aromatic N) is 4. The van der Waals surface area contributed by atoms with Crippen LogP contribution in [0.3, 0.4) is 0 Å². The van der Waals surface area contributed by atoms with Crippen molar-refractivity contribution in [3.63, 3.8) is 0 Å². The first-order valence-corrected chi connectivity index (χ1v) is 17.2. The van der Waals surface area contributed by atoms with E-state index >= 15 is 0 Å². The van der Waals surface area contributed by atoms with Gasteiger partial charge in [-0.2, -0.15) is 0 Å². The zero-order chi connectivity index (χ0) is 31.0. The number of hydrogen-bond donors (Lipinski definition) is 0. The van der Waals surface area contributed by atoms with Crippen LogP contribution in [0.1, 0.15) is 47.5 Å². The summed E-state index contributed by atoms with van der Waals surface area (Å²) < 4.78 is 18.3. The Bertz CT molecular complexity index is 1500. The van der Waals surface area contributed by atoms with Gasteiger partial charge in [-0.25, -0.2) is 9.36 Å². The topological polar surface area (TPSA) is 126 Å². The van der Waals surface area contributed by atoms with Gasteiger partial charge in [-0.3, -0.25) is 4.79 Å². The minimum absolute atomic E-state index is 0.189. The molecule has 0 radical (unpaired) electrons. The van der Waals surface area contributed by atoms with Crippen molar-refractivity contribution in [2.75, 3.05) is 25.1 Å². The van der Waals surface area contributed by atoms with Gasteiger partial charge in [0.1, 0.15) is 11.4 Å². The predicted octanol–water partition coefficient (Wildman–Crippen LogP) is 6.78. The molecule has 1 aromatic carbocycles. The van der Waals surface area contributed by atoms with Gasteiger partial charge in [-0.05, 0) is 92.5 Å². The molecular weight excluding hydrogens is 556 g/mol. The van der Waals surface area contributed by atoms with E-state index in [0.717, 1.165) is 0 Å². The number of anilines is 1. The van der Waals surface area contributed by atoms with Crippen LogP contribution in [0.15, 0.2) is 36.4 Å². The van der Waals surface area contributed by atoms with Crippen molar-refractivity contribution < 1.29 is 28.4 Å². The number of pyridine rings is 1. The van der Waals surface area contributed by atoms with Crippen molar-refractivity contribution in [1.82, 2.24) is 9.55 Å². The van der Waals surface area contributed by atoms with Crippen molar-refractivity contribution in [3.05, 3.63) is 46.5 Å². The van der Waals surface area contributed by atoms with E-state index in [0.29, 0.717) is 59.6 Å². The Hall–Kier alpha value is -3.93. The van der Waals surface area contributed by atoms with E-state index in [4.69, 9.17) is 13.9 Å². The first-order valence-electron chi connectivity index (χ1n) is 14.2. The highest BCUT2D eigenvalue weighted by Crippen LogP contribution is 2.37. The minimum Gasteiger partial charge on any atom is -0.544 e. The molecule has 42 heavy (non-hydrogen) atoms. The SMILES string of the molecule is COC(=O)C1CCN(c2ccc(-c3cc4cc(O[Si](C)(C)C(C)C)ccc4n3C(=O)OC(C)(C)C)c([N+](=O)[O-])n2)CC1. The van der Waals surface area contributed by atoms with Crippen LogP contribution in [0.25, 0.3) is 22.2 Å². The van der Waals surface area contributed by atoms with Gasteiger partial charge in [0.25, 0.3) is 0 Å². The monoisotopic (exact) mass is 596 g/mol. The Kier molecular flexibility index (Phi) is 8.67. The van der Waals surface area contributed by atoms with Gasteiger partial charge in [-0.15, -0.1) is 0 Å². The Morgan fingerprint density at radius 2 is 1.76 bits per heavy atom. The summed E-state index contributed by atoms with van der Waals surface area (Å²) in [6, 6.07) is 10.5. The number of fused-ring (bicyclic) bond motifs is 1. The van der Waals surface area contributed by atoms with Crippen LogP contribution >= 0.6 is 0 Å². The summed E-state index contributed by atoms with van der Waals surface area (Å²) in [6.45, 7) is 14.9. The number of carbonyl (C=O) groups excluding carboxylic acids is 2. The zero-order valence-corrected chi connectivity index (χ0v) is 26.6. The molecule has 1 fully saturated rings. The summed E-state index contributed by atoms with van der Waals surface area (Å²) in [5.41, 5.74) is 0.625. The van der Waals surface area contributed by atoms with Crippen LogP contribution in [0.5, 0.6) is 5.75 Å². The number of ether oxygens (including phenoxy) is 2. The van der Waals surface area contributed by atoms with Crippen LogP contribution < -0.4 is 9.33 Å². The lowest BCUT2D eigenvalue weighted by Gasteiger charge is -2.29. The zero-order valence-electron chi connectivity index (χ0n) is 25.6. The summed E-state index contributed by atoms with van der Waals surface area (Å²) in [5.74, 6) is 0.291. The second-order valence-corrected chi connectivity index (χ2v) is 17.1. The maximum atomic E-state index is 13.5. The number of carbonyl (C=O) groups is 2. The smallest absolute Gasteiger partial charge is 0.419 e. The maximum absolute atomic E-state index is 13.5. The highest BCUT2D eigenvalue weighted by Gasteiger charge is 2.32. The van der Waals surface area contributed by atoms with E-state index in [1.165, 1.54) is 11.7 Å². The fourth-order valence-electron chi connectivity index (χ4n) is 4.85. The number of nitro groups is 1. The quantitative estimate of drug-likeness (QED) is 0.126. The van der Waals surface area contributed by atoms with Crippen molar-refractivity contribution in [1.29, 1.82) is 0 Å². The molecule has 11 nitrogen and oxygen atoms in total. The molecule has 4 rings (SSSR count). The fraction of sp³-hybridized carbons (Fsp3) is 0.500. The number of esters is 1. The second kappa shape index (κ2) is 11.7. The molecule has 1 saturated heterocycles. The van der Waals surface area contributed by atoms with E-state index in [2.05, 4.69) is 31.9 Å². The number of aromatic nitrogens is 2. The maximum Gasteiger partial charge on any atom is 0.419 e. The third kappa shape index (κ3) is 6.59. The lowest BCUT2D eigenvalue weighted by atomic mass is 9.97. The number of methoxy groups -OCH3 is 1. The molecule has 0 saturated carbocycles. The molecule has 3 aromatic rings. The van der Waals surface area contributed by atoms with Gasteiger partial charge in [0.2, 0.25) is 14.1 Å². The molecule has 0 amide bonds. The predicted molar refractivity (Wildman–Crippen MR) is 164 cm³/mol. The number of rotatable bonds is 7. The Morgan fingerprint density at radius 3 is 2.33 bits per heavy atom. The van der Waals surface area contributed by atoms with Crippen molar-refractivity contribution in [2.24, 2.45) is 5.92 Å². The summed E-state index contributed by atoms with van der Waals surface area (Å²) >= 11 is 0. The first kappa shape index (κ1) is 31.0. The highest BCUT2D eigenvalue weighted by molar-refractivity contribution is 6.73. The molecule has 2 aromatic heterocycles. The molecule has 0 spiro atoms. The molecule has 0 N–H and O–H groups in total. The average Bonchev–Trinajstić information content (AvgIpc) is 3.30. The lowest BCUT2D eigenvalue weighted by Crippen LogP contribution is -2.37. The van der Waals surface area contributed by atoms with Gasteiger partial charge < -0.3 is 28.9 Å². The standard InChI is InChI=1S/C30H40N4O7Si/c1-19(2)42(7,8)41-22-9-11-24-21(17-22)18-25(33(24)29(36)40-30(3,4)5)23-10-12-26(31-27(23)34(37)38)32-15-13-20(14-16-32)28(35)39-6/h9-12,17-20H,13-16H2,1-8H3. The van der Waals surface area contributed by atoms with Crippen LogP contribution in [0.4, 0.5) is 16.4 Å². The van der Waals surface area contributed by atoms with E-state index in [1.54, 1.807) is 45.0 Å². The van der Waals surface area contributed by atoms with E-state index < -0.39 is 24.9 Å². The molecule has 0 unspecified atom stereocenters. The van der Waals surface area contributed by atoms with E-state index in [9.17, 15) is 19.7 Å². The largest absolute Gasteiger partial charge is 0.544 e. The number of hydrogen-bond acceptors (Lipinski definition) is 9. The third-order valence-electron chi connectivity index (χ3n) is 7.78. The Balaban J connectivity index is 1.79. The van der Waals surface area contributed by atoms with Crippen molar-refractivity contribution >= 4 is 42.9 Å².